The summed E-state index contributed by atoms with van der Waals surface area (Å²) >= 11 is 0. The van der Waals surface area contributed by atoms with Crippen molar-refractivity contribution in [1.29, 1.82) is 0 Å². The molecule has 3 rings (SSSR count). The van der Waals surface area contributed by atoms with E-state index < -0.39 is 0 Å². The van der Waals surface area contributed by atoms with Crippen LogP contribution in [-0.4, -0.2) is 35.9 Å². The molecule has 1 aliphatic heterocycles. The van der Waals surface area contributed by atoms with Gasteiger partial charge in [-0.25, -0.2) is 0 Å². The molecule has 0 radical (unpaired) electrons. The normalized spacial score (nSPS) is 17.3. The number of benzene rings is 1. The predicted molar refractivity (Wildman–Crippen MR) is 90.7 cm³/mol. The lowest BCUT2D eigenvalue weighted by atomic mass is 9.93. The SMILES string of the molecule is CN=C(NCc1ccnn1C)NCC1CCOc2ccccc21. The molecule has 1 aromatic carbocycles. The highest BCUT2D eigenvalue weighted by Gasteiger charge is 2.21. The zero-order chi connectivity index (χ0) is 16.1. The van der Waals surface area contributed by atoms with E-state index in [0.717, 1.165) is 37.0 Å². The molecule has 0 spiro atoms. The number of hydrogen-bond acceptors (Lipinski definition) is 3. The minimum Gasteiger partial charge on any atom is -0.493 e. The van der Waals surface area contributed by atoms with Gasteiger partial charge < -0.3 is 15.4 Å². The highest BCUT2D eigenvalue weighted by Crippen LogP contribution is 2.32. The first-order chi connectivity index (χ1) is 11.3. The number of aliphatic imine (C=N–C) groups is 1. The van der Waals surface area contributed by atoms with Crippen molar-refractivity contribution in [3.05, 3.63) is 47.8 Å². The summed E-state index contributed by atoms with van der Waals surface area (Å²) in [5.41, 5.74) is 2.39. The molecule has 0 saturated heterocycles. The van der Waals surface area contributed by atoms with Crippen LogP contribution in [0.3, 0.4) is 0 Å². The van der Waals surface area contributed by atoms with E-state index in [9.17, 15) is 0 Å². The fourth-order valence-corrected chi connectivity index (χ4v) is 2.82. The van der Waals surface area contributed by atoms with Gasteiger partial charge in [-0.05, 0) is 24.1 Å². The Hall–Kier alpha value is -2.50. The number of para-hydroxylation sites is 1. The van der Waals surface area contributed by atoms with Gasteiger partial charge >= 0.3 is 0 Å². The van der Waals surface area contributed by atoms with Crippen molar-refractivity contribution in [3.63, 3.8) is 0 Å². The van der Waals surface area contributed by atoms with Crippen molar-refractivity contribution in [2.24, 2.45) is 12.0 Å². The van der Waals surface area contributed by atoms with Crippen LogP contribution in [0, 0.1) is 0 Å². The number of rotatable bonds is 4. The third kappa shape index (κ3) is 3.64. The summed E-state index contributed by atoms with van der Waals surface area (Å²) in [5, 5.41) is 10.9. The van der Waals surface area contributed by atoms with Gasteiger partial charge in [-0.1, -0.05) is 18.2 Å². The number of aromatic nitrogens is 2. The van der Waals surface area contributed by atoms with Crippen LogP contribution in [0.25, 0.3) is 0 Å². The highest BCUT2D eigenvalue weighted by atomic mass is 16.5. The molecule has 2 N–H and O–H groups in total. The molecule has 1 atom stereocenters. The van der Waals surface area contributed by atoms with Gasteiger partial charge in [0.1, 0.15) is 5.75 Å². The molecule has 2 heterocycles. The second-order valence-corrected chi connectivity index (χ2v) is 5.62. The number of nitrogens with zero attached hydrogens (tertiary/aromatic N) is 3. The summed E-state index contributed by atoms with van der Waals surface area (Å²) in [6.07, 6.45) is 2.81. The van der Waals surface area contributed by atoms with Crippen LogP contribution >= 0.6 is 0 Å². The molecule has 0 amide bonds. The first kappa shape index (κ1) is 15.4. The minimum atomic E-state index is 0.440. The van der Waals surface area contributed by atoms with Gasteiger partial charge in [-0.3, -0.25) is 9.67 Å². The van der Waals surface area contributed by atoms with Crippen molar-refractivity contribution < 1.29 is 4.74 Å². The smallest absolute Gasteiger partial charge is 0.191 e. The first-order valence-corrected chi connectivity index (χ1v) is 7.91. The summed E-state index contributed by atoms with van der Waals surface area (Å²) in [7, 11) is 3.72. The summed E-state index contributed by atoms with van der Waals surface area (Å²) in [5.74, 6) is 2.24. The lowest BCUT2D eigenvalue weighted by Crippen LogP contribution is -2.40. The maximum Gasteiger partial charge on any atom is 0.191 e. The third-order valence-electron chi connectivity index (χ3n) is 4.18. The molecule has 0 saturated carbocycles. The number of ether oxygens (including phenoxy) is 1. The van der Waals surface area contributed by atoms with E-state index >= 15 is 0 Å². The van der Waals surface area contributed by atoms with Crippen molar-refractivity contribution in [2.45, 2.75) is 18.9 Å². The quantitative estimate of drug-likeness (QED) is 0.665. The van der Waals surface area contributed by atoms with Crippen LogP contribution in [0.1, 0.15) is 23.6 Å². The molecule has 1 unspecified atom stereocenters. The van der Waals surface area contributed by atoms with Crippen LogP contribution in [0.2, 0.25) is 0 Å². The minimum absolute atomic E-state index is 0.440. The van der Waals surface area contributed by atoms with Gasteiger partial charge in [0.2, 0.25) is 0 Å². The van der Waals surface area contributed by atoms with Crippen molar-refractivity contribution in [2.75, 3.05) is 20.2 Å². The van der Waals surface area contributed by atoms with Gasteiger partial charge in [0, 0.05) is 32.8 Å². The third-order valence-corrected chi connectivity index (χ3v) is 4.18. The number of fused-ring (bicyclic) bond motifs is 1. The first-order valence-electron chi connectivity index (χ1n) is 7.91. The number of hydrogen-bond donors (Lipinski definition) is 2. The summed E-state index contributed by atoms with van der Waals surface area (Å²) in [4.78, 5) is 4.29. The average Bonchev–Trinajstić information content (AvgIpc) is 3.00. The Kier molecular flexibility index (Phi) is 4.80. The molecule has 23 heavy (non-hydrogen) atoms. The zero-order valence-corrected chi connectivity index (χ0v) is 13.6. The van der Waals surface area contributed by atoms with E-state index in [4.69, 9.17) is 4.74 Å². The van der Waals surface area contributed by atoms with E-state index in [2.05, 4.69) is 32.9 Å². The van der Waals surface area contributed by atoms with Crippen LogP contribution in [0.15, 0.2) is 41.5 Å². The molecular weight excluding hydrogens is 290 g/mol. The largest absolute Gasteiger partial charge is 0.493 e. The van der Waals surface area contributed by atoms with Crippen molar-refractivity contribution >= 4 is 5.96 Å². The van der Waals surface area contributed by atoms with Crippen LogP contribution < -0.4 is 15.4 Å². The second kappa shape index (κ2) is 7.17. The molecule has 1 aromatic heterocycles. The molecular formula is C17H23N5O. The standard InChI is InChI=1S/C17H23N5O/c1-18-17(20-12-14-7-9-21-22(14)2)19-11-13-8-10-23-16-6-4-3-5-15(13)16/h3-7,9,13H,8,10-12H2,1-2H3,(H2,18,19,20). The maximum atomic E-state index is 5.71. The van der Waals surface area contributed by atoms with E-state index in [0.29, 0.717) is 12.5 Å². The summed E-state index contributed by atoms with van der Waals surface area (Å²) < 4.78 is 7.57. The lowest BCUT2D eigenvalue weighted by Gasteiger charge is -2.26. The summed E-state index contributed by atoms with van der Waals surface area (Å²) in [6, 6.07) is 10.3. The Morgan fingerprint density at radius 1 is 1.35 bits per heavy atom. The lowest BCUT2D eigenvalue weighted by molar-refractivity contribution is 0.267. The van der Waals surface area contributed by atoms with Gasteiger partial charge in [0.05, 0.1) is 18.8 Å². The Balaban J connectivity index is 1.56. The Bertz CT molecular complexity index is 679. The predicted octanol–water partition coefficient (Wildman–Crippen LogP) is 1.65. The fourth-order valence-electron chi connectivity index (χ4n) is 2.82. The molecule has 122 valence electrons. The molecule has 1 aliphatic rings. The zero-order valence-electron chi connectivity index (χ0n) is 13.6. The number of nitrogens with one attached hydrogen (secondary N) is 2. The van der Waals surface area contributed by atoms with Crippen LogP contribution in [0.5, 0.6) is 5.75 Å². The number of aryl methyl sites for hydroxylation is 1. The Morgan fingerprint density at radius 3 is 3.00 bits per heavy atom. The maximum absolute atomic E-state index is 5.71. The van der Waals surface area contributed by atoms with Gasteiger partial charge in [-0.2, -0.15) is 5.10 Å². The monoisotopic (exact) mass is 313 g/mol. The number of guanidine groups is 1. The topological polar surface area (TPSA) is 63.5 Å². The fraction of sp³-hybridized carbons (Fsp3) is 0.412. The second-order valence-electron chi connectivity index (χ2n) is 5.62. The van der Waals surface area contributed by atoms with Crippen LogP contribution in [-0.2, 0) is 13.6 Å². The van der Waals surface area contributed by atoms with E-state index in [1.807, 2.05) is 29.9 Å². The Morgan fingerprint density at radius 2 is 2.22 bits per heavy atom. The molecule has 2 aromatic rings. The molecule has 6 heteroatoms. The van der Waals surface area contributed by atoms with Crippen molar-refractivity contribution in [3.8, 4) is 5.75 Å². The van der Waals surface area contributed by atoms with E-state index in [1.54, 1.807) is 13.2 Å². The van der Waals surface area contributed by atoms with E-state index in [1.165, 1.54) is 5.56 Å². The van der Waals surface area contributed by atoms with Gasteiger partial charge in [0.15, 0.2) is 5.96 Å². The average molecular weight is 313 g/mol. The molecule has 6 nitrogen and oxygen atoms in total. The van der Waals surface area contributed by atoms with Gasteiger partial charge in [-0.15, -0.1) is 0 Å². The van der Waals surface area contributed by atoms with Crippen LogP contribution in [0.4, 0.5) is 0 Å². The molecule has 0 aliphatic carbocycles. The Labute approximate surface area is 136 Å². The molecule has 0 bridgehead atoms. The molecule has 0 fully saturated rings. The van der Waals surface area contributed by atoms with Gasteiger partial charge in [0.25, 0.3) is 0 Å². The van der Waals surface area contributed by atoms with E-state index in [-0.39, 0.29) is 0 Å². The van der Waals surface area contributed by atoms with Crippen molar-refractivity contribution in [1.82, 2.24) is 20.4 Å². The highest BCUT2D eigenvalue weighted by molar-refractivity contribution is 5.79. The summed E-state index contributed by atoms with van der Waals surface area (Å²) in [6.45, 7) is 2.30.